The van der Waals surface area contributed by atoms with Crippen LogP contribution in [0, 0.1) is 0 Å². The minimum absolute atomic E-state index is 0. The quantitative estimate of drug-likeness (QED) is 0.444. The second-order valence-electron chi connectivity index (χ2n) is 1.66. The van der Waals surface area contributed by atoms with Crippen LogP contribution in [0.3, 0.4) is 0 Å². The summed E-state index contributed by atoms with van der Waals surface area (Å²) in [7, 11) is -2.28. The molecular formula is C6H8KO3P. The van der Waals surface area contributed by atoms with Crippen molar-refractivity contribution in [3.63, 3.8) is 0 Å². The van der Waals surface area contributed by atoms with Crippen LogP contribution in [0.5, 0.6) is 5.75 Å². The fourth-order valence-electron chi connectivity index (χ4n) is 0.576. The summed E-state index contributed by atoms with van der Waals surface area (Å²) in [5.41, 5.74) is 0. The van der Waals surface area contributed by atoms with Crippen molar-refractivity contribution in [3.8, 4) is 5.75 Å². The molecule has 0 aliphatic carbocycles. The maximum absolute atomic E-state index is 8.40. The normalized spacial score (nSPS) is 9.00. The van der Waals surface area contributed by atoms with E-state index < -0.39 is 8.60 Å². The molecule has 11 heavy (non-hydrogen) atoms. The van der Waals surface area contributed by atoms with Crippen LogP contribution in [0.2, 0.25) is 0 Å². The van der Waals surface area contributed by atoms with Gasteiger partial charge >= 0.3 is 60.0 Å². The molecule has 0 saturated carbocycles. The Bertz CT molecular complexity index is 197. The number of benzene rings is 1. The van der Waals surface area contributed by atoms with E-state index in [1.54, 1.807) is 24.3 Å². The first kappa shape index (κ1) is 12.0. The van der Waals surface area contributed by atoms with E-state index in [1.165, 1.54) is 0 Å². The van der Waals surface area contributed by atoms with E-state index in [4.69, 9.17) is 9.79 Å². The van der Waals surface area contributed by atoms with Crippen LogP contribution < -0.4 is 55.9 Å². The van der Waals surface area contributed by atoms with Gasteiger partial charge in [0, 0.05) is 0 Å². The third-order valence-electron chi connectivity index (χ3n) is 0.930. The Labute approximate surface area is 110 Å². The maximum atomic E-state index is 8.40. The summed E-state index contributed by atoms with van der Waals surface area (Å²) in [5, 5.41) is 0. The summed E-state index contributed by atoms with van der Waals surface area (Å²) in [6.45, 7) is 0. The second kappa shape index (κ2) is 6.51. The molecule has 0 bridgehead atoms. The van der Waals surface area contributed by atoms with E-state index in [0.29, 0.717) is 5.75 Å². The molecule has 1 aromatic rings. The average Bonchev–Trinajstić information content (AvgIpc) is 1.88. The van der Waals surface area contributed by atoms with Crippen molar-refractivity contribution in [2.75, 3.05) is 0 Å². The standard InChI is InChI=1S/C6H7O3P.K.H/c7-10(8)9-6-4-2-1-3-5-6;;/h1-5,7-8H;;/q;+1;-1. The molecule has 0 unspecified atom stereocenters. The van der Waals surface area contributed by atoms with Crippen molar-refractivity contribution in [1.29, 1.82) is 0 Å². The Hall–Kier alpha value is 1.01. The zero-order chi connectivity index (χ0) is 7.40. The fourth-order valence-corrected chi connectivity index (χ4v) is 0.886. The Morgan fingerprint density at radius 2 is 1.73 bits per heavy atom. The molecule has 3 nitrogen and oxygen atoms in total. The fraction of sp³-hybridized carbons (Fsp3) is 0. The van der Waals surface area contributed by atoms with Crippen molar-refractivity contribution in [2.24, 2.45) is 0 Å². The summed E-state index contributed by atoms with van der Waals surface area (Å²) in [4.78, 5) is 16.8. The molecule has 0 radical (unpaired) electrons. The molecule has 2 N–H and O–H groups in total. The molecule has 1 aromatic carbocycles. The molecule has 5 heteroatoms. The van der Waals surface area contributed by atoms with Gasteiger partial charge in [-0.1, -0.05) is 18.2 Å². The van der Waals surface area contributed by atoms with Crippen LogP contribution in [0.4, 0.5) is 0 Å². The van der Waals surface area contributed by atoms with Crippen LogP contribution in [0.15, 0.2) is 30.3 Å². The van der Waals surface area contributed by atoms with E-state index >= 15 is 0 Å². The van der Waals surface area contributed by atoms with Gasteiger partial charge in [0.25, 0.3) is 0 Å². The van der Waals surface area contributed by atoms with Gasteiger partial charge in [-0.15, -0.1) is 0 Å². The van der Waals surface area contributed by atoms with Crippen molar-refractivity contribution >= 4 is 8.60 Å². The Morgan fingerprint density at radius 3 is 2.18 bits per heavy atom. The third kappa shape index (κ3) is 5.28. The summed E-state index contributed by atoms with van der Waals surface area (Å²) < 4.78 is 4.59. The van der Waals surface area contributed by atoms with Crippen LogP contribution in [-0.2, 0) is 0 Å². The molecule has 0 spiro atoms. The number of para-hydroxylation sites is 1. The van der Waals surface area contributed by atoms with Crippen LogP contribution >= 0.6 is 8.60 Å². The predicted molar refractivity (Wildman–Crippen MR) is 39.5 cm³/mol. The molecule has 0 aromatic heterocycles. The first-order valence-electron chi connectivity index (χ1n) is 2.70. The van der Waals surface area contributed by atoms with Gasteiger partial charge in [0.2, 0.25) is 0 Å². The minimum Gasteiger partial charge on any atom is -1.00 e. The summed E-state index contributed by atoms with van der Waals surface area (Å²) >= 11 is 0. The van der Waals surface area contributed by atoms with Crippen molar-refractivity contribution < 1.29 is 67.1 Å². The van der Waals surface area contributed by atoms with Crippen molar-refractivity contribution in [2.45, 2.75) is 0 Å². The summed E-state index contributed by atoms with van der Waals surface area (Å²) in [6.07, 6.45) is 0. The molecule has 0 heterocycles. The minimum atomic E-state index is -2.28. The molecule has 0 fully saturated rings. The zero-order valence-electron chi connectivity index (χ0n) is 7.14. The van der Waals surface area contributed by atoms with Crippen molar-refractivity contribution in [1.82, 2.24) is 0 Å². The number of rotatable bonds is 2. The van der Waals surface area contributed by atoms with Crippen LogP contribution in [0.25, 0.3) is 0 Å². The monoisotopic (exact) mass is 198 g/mol. The molecule has 0 atom stereocenters. The SMILES string of the molecule is OP(O)Oc1ccccc1.[H-].[K+]. The van der Waals surface area contributed by atoms with Gasteiger partial charge in [-0.25, -0.2) is 0 Å². The number of hydrogen-bond donors (Lipinski definition) is 2. The van der Waals surface area contributed by atoms with Gasteiger partial charge in [-0.3, -0.25) is 0 Å². The average molecular weight is 198 g/mol. The first-order valence-corrected chi connectivity index (χ1v) is 3.86. The molecule has 0 aliphatic rings. The van der Waals surface area contributed by atoms with Gasteiger partial charge in [0.15, 0.2) is 0 Å². The Morgan fingerprint density at radius 1 is 1.18 bits per heavy atom. The van der Waals surface area contributed by atoms with Gasteiger partial charge in [-0.05, 0) is 12.1 Å². The van der Waals surface area contributed by atoms with E-state index in [2.05, 4.69) is 4.52 Å². The van der Waals surface area contributed by atoms with Gasteiger partial charge in [0.1, 0.15) is 5.75 Å². The van der Waals surface area contributed by atoms with E-state index in [-0.39, 0.29) is 52.8 Å². The summed E-state index contributed by atoms with van der Waals surface area (Å²) in [5.74, 6) is 0.471. The van der Waals surface area contributed by atoms with Crippen LogP contribution in [0.1, 0.15) is 1.43 Å². The first-order chi connectivity index (χ1) is 4.79. The molecule has 0 aliphatic heterocycles. The predicted octanol–water partition coefficient (Wildman–Crippen LogP) is -1.61. The molecule has 56 valence electrons. The number of hydrogen-bond acceptors (Lipinski definition) is 3. The Balaban J connectivity index is 0. The smallest absolute Gasteiger partial charge is 1.00 e. The Kier molecular flexibility index (Phi) is 7.11. The van der Waals surface area contributed by atoms with Gasteiger partial charge in [-0.2, -0.15) is 0 Å². The molecule has 0 amide bonds. The molecule has 0 saturated heterocycles. The maximum Gasteiger partial charge on any atom is 1.00 e. The molecular weight excluding hydrogens is 190 g/mol. The molecule has 1 rings (SSSR count). The van der Waals surface area contributed by atoms with Gasteiger partial charge < -0.3 is 15.7 Å². The third-order valence-corrected chi connectivity index (χ3v) is 1.30. The second-order valence-corrected chi connectivity index (χ2v) is 2.35. The van der Waals surface area contributed by atoms with Gasteiger partial charge in [0.05, 0.1) is 0 Å². The van der Waals surface area contributed by atoms with E-state index in [9.17, 15) is 0 Å². The zero-order valence-corrected chi connectivity index (χ0v) is 10.2. The van der Waals surface area contributed by atoms with E-state index in [1.807, 2.05) is 6.07 Å². The topological polar surface area (TPSA) is 49.7 Å². The summed E-state index contributed by atoms with van der Waals surface area (Å²) in [6, 6.07) is 8.65. The van der Waals surface area contributed by atoms with Crippen molar-refractivity contribution in [3.05, 3.63) is 30.3 Å². The van der Waals surface area contributed by atoms with Crippen LogP contribution in [-0.4, -0.2) is 9.79 Å². The largest absolute Gasteiger partial charge is 1.00 e. The van der Waals surface area contributed by atoms with E-state index in [0.717, 1.165) is 0 Å².